The van der Waals surface area contributed by atoms with Crippen molar-refractivity contribution in [2.45, 2.75) is 13.3 Å². The molecule has 3 heteroatoms. The van der Waals surface area contributed by atoms with Gasteiger partial charge in [-0.05, 0) is 38.2 Å². The molecule has 0 fully saturated rings. The normalized spacial score (nSPS) is 11.9. The lowest BCUT2D eigenvalue weighted by atomic mass is 10.1. The fourth-order valence-corrected chi connectivity index (χ4v) is 1.55. The van der Waals surface area contributed by atoms with Crippen molar-refractivity contribution in [2.24, 2.45) is 5.73 Å². The Morgan fingerprint density at radius 3 is 2.44 bits per heavy atom. The zero-order chi connectivity index (χ0) is 13.4. The van der Waals surface area contributed by atoms with E-state index in [-0.39, 0.29) is 0 Å². The van der Waals surface area contributed by atoms with Crippen LogP contribution in [-0.2, 0) is 0 Å². The number of benzene rings is 1. The average molecular weight is 248 g/mol. The molecule has 18 heavy (non-hydrogen) atoms. The molecule has 1 aromatic carbocycles. The minimum atomic E-state index is 0.623. The molecule has 0 aliphatic carbocycles. The molecule has 0 unspecified atom stereocenters. The van der Waals surface area contributed by atoms with Crippen molar-refractivity contribution >= 4 is 6.08 Å². The summed E-state index contributed by atoms with van der Waals surface area (Å²) in [6, 6.07) is 8.14. The SMILES string of the molecule is CCC(=Cc1ccc(OCCN(C)C)cc1)CN. The number of hydrogen-bond donors (Lipinski definition) is 1. The monoisotopic (exact) mass is 248 g/mol. The molecular weight excluding hydrogens is 224 g/mol. The fraction of sp³-hybridized carbons (Fsp3) is 0.467. The van der Waals surface area contributed by atoms with Crippen LogP contribution in [-0.4, -0.2) is 38.7 Å². The summed E-state index contributed by atoms with van der Waals surface area (Å²) in [7, 11) is 4.08. The van der Waals surface area contributed by atoms with Gasteiger partial charge in [0.05, 0.1) is 0 Å². The first-order valence-electron chi connectivity index (χ1n) is 6.42. The van der Waals surface area contributed by atoms with Crippen LogP contribution in [0.25, 0.3) is 6.08 Å². The Kier molecular flexibility index (Phi) is 6.47. The van der Waals surface area contributed by atoms with Gasteiger partial charge in [0.2, 0.25) is 0 Å². The van der Waals surface area contributed by atoms with Crippen LogP contribution in [0.1, 0.15) is 18.9 Å². The second-order valence-corrected chi connectivity index (χ2v) is 4.58. The second-order valence-electron chi connectivity index (χ2n) is 4.58. The highest BCUT2D eigenvalue weighted by molar-refractivity contribution is 5.54. The van der Waals surface area contributed by atoms with Crippen molar-refractivity contribution in [3.05, 3.63) is 35.4 Å². The minimum absolute atomic E-state index is 0.623. The van der Waals surface area contributed by atoms with Gasteiger partial charge in [0, 0.05) is 13.1 Å². The first-order valence-corrected chi connectivity index (χ1v) is 6.42. The molecule has 1 aromatic rings. The number of nitrogens with zero attached hydrogens (tertiary/aromatic N) is 1. The van der Waals surface area contributed by atoms with Crippen molar-refractivity contribution in [3.8, 4) is 5.75 Å². The molecule has 0 radical (unpaired) electrons. The van der Waals surface area contributed by atoms with Crippen LogP contribution in [0.15, 0.2) is 29.8 Å². The first kappa shape index (κ1) is 14.7. The third kappa shape index (κ3) is 5.34. The smallest absolute Gasteiger partial charge is 0.119 e. The summed E-state index contributed by atoms with van der Waals surface area (Å²) >= 11 is 0. The minimum Gasteiger partial charge on any atom is -0.492 e. The van der Waals surface area contributed by atoms with Crippen molar-refractivity contribution in [1.82, 2.24) is 4.90 Å². The van der Waals surface area contributed by atoms with Gasteiger partial charge in [0.25, 0.3) is 0 Å². The summed E-state index contributed by atoms with van der Waals surface area (Å²) < 4.78 is 5.64. The number of ether oxygens (including phenoxy) is 1. The maximum atomic E-state index is 5.66. The quantitative estimate of drug-likeness (QED) is 0.805. The molecule has 1 rings (SSSR count). The Morgan fingerprint density at radius 1 is 1.28 bits per heavy atom. The summed E-state index contributed by atoms with van der Waals surface area (Å²) in [6.45, 7) is 4.38. The molecule has 2 N–H and O–H groups in total. The van der Waals surface area contributed by atoms with E-state index in [9.17, 15) is 0 Å². The number of hydrogen-bond acceptors (Lipinski definition) is 3. The van der Waals surface area contributed by atoms with E-state index in [2.05, 4.69) is 30.0 Å². The van der Waals surface area contributed by atoms with E-state index in [1.807, 2.05) is 26.2 Å². The highest BCUT2D eigenvalue weighted by Crippen LogP contribution is 2.15. The van der Waals surface area contributed by atoms with Crippen molar-refractivity contribution in [3.63, 3.8) is 0 Å². The molecule has 0 heterocycles. The Balaban J connectivity index is 2.54. The molecule has 100 valence electrons. The molecule has 0 spiro atoms. The second kappa shape index (κ2) is 7.90. The van der Waals surface area contributed by atoms with Gasteiger partial charge in [-0.3, -0.25) is 0 Å². The molecule has 0 atom stereocenters. The first-order chi connectivity index (χ1) is 8.65. The van der Waals surface area contributed by atoms with Crippen LogP contribution in [0.2, 0.25) is 0 Å². The standard InChI is InChI=1S/C15H24N2O/c1-4-13(12-16)11-14-5-7-15(8-6-14)18-10-9-17(2)3/h5-8,11H,4,9-10,12,16H2,1-3H3. The van der Waals surface area contributed by atoms with Gasteiger partial charge < -0.3 is 15.4 Å². The molecule has 0 amide bonds. The third-order valence-electron chi connectivity index (χ3n) is 2.77. The summed E-state index contributed by atoms with van der Waals surface area (Å²) in [5.41, 5.74) is 8.10. The predicted molar refractivity (Wildman–Crippen MR) is 77.8 cm³/mol. The van der Waals surface area contributed by atoms with Crippen LogP contribution in [0.4, 0.5) is 0 Å². The van der Waals surface area contributed by atoms with Crippen molar-refractivity contribution in [1.29, 1.82) is 0 Å². The van der Waals surface area contributed by atoms with Gasteiger partial charge in [-0.2, -0.15) is 0 Å². The largest absolute Gasteiger partial charge is 0.492 e. The molecule has 0 aliphatic heterocycles. The highest BCUT2D eigenvalue weighted by Gasteiger charge is 1.96. The highest BCUT2D eigenvalue weighted by atomic mass is 16.5. The van der Waals surface area contributed by atoms with Crippen molar-refractivity contribution in [2.75, 3.05) is 33.8 Å². The predicted octanol–water partition coefficient (Wildman–Crippen LogP) is 2.38. The Labute approximate surface area is 110 Å². The van der Waals surface area contributed by atoms with Gasteiger partial charge in [-0.25, -0.2) is 0 Å². The topological polar surface area (TPSA) is 38.5 Å². The zero-order valence-corrected chi connectivity index (χ0v) is 11.6. The van der Waals surface area contributed by atoms with E-state index >= 15 is 0 Å². The van der Waals surface area contributed by atoms with Gasteiger partial charge in [-0.15, -0.1) is 0 Å². The van der Waals surface area contributed by atoms with E-state index < -0.39 is 0 Å². The van der Waals surface area contributed by atoms with Crippen LogP contribution >= 0.6 is 0 Å². The maximum Gasteiger partial charge on any atom is 0.119 e. The summed E-state index contributed by atoms with van der Waals surface area (Å²) in [5, 5.41) is 0. The molecule has 0 aliphatic rings. The van der Waals surface area contributed by atoms with Crippen LogP contribution < -0.4 is 10.5 Å². The summed E-state index contributed by atoms with van der Waals surface area (Å²) in [4.78, 5) is 2.10. The molecule has 0 saturated heterocycles. The third-order valence-corrected chi connectivity index (χ3v) is 2.77. The number of nitrogens with two attached hydrogens (primary N) is 1. The lowest BCUT2D eigenvalue weighted by Crippen LogP contribution is -2.19. The lowest BCUT2D eigenvalue weighted by molar-refractivity contribution is 0.261. The van der Waals surface area contributed by atoms with E-state index in [1.165, 1.54) is 11.1 Å². The summed E-state index contributed by atoms with van der Waals surface area (Å²) in [6.07, 6.45) is 3.14. The Morgan fingerprint density at radius 2 is 1.94 bits per heavy atom. The average Bonchev–Trinajstić information content (AvgIpc) is 2.37. The maximum absolute atomic E-state index is 5.66. The Bertz CT molecular complexity index is 363. The number of likely N-dealkylation sites (N-methyl/N-ethyl adjacent to an activating group) is 1. The van der Waals surface area contributed by atoms with Gasteiger partial charge in [0.15, 0.2) is 0 Å². The fourth-order valence-electron chi connectivity index (χ4n) is 1.55. The van der Waals surface area contributed by atoms with Gasteiger partial charge in [-0.1, -0.05) is 30.7 Å². The van der Waals surface area contributed by atoms with E-state index in [0.29, 0.717) is 13.2 Å². The van der Waals surface area contributed by atoms with Crippen LogP contribution in [0, 0.1) is 0 Å². The molecule has 0 aromatic heterocycles. The zero-order valence-electron chi connectivity index (χ0n) is 11.6. The van der Waals surface area contributed by atoms with Crippen LogP contribution in [0.5, 0.6) is 5.75 Å². The Hall–Kier alpha value is -1.32. The molecular formula is C15H24N2O. The number of rotatable bonds is 7. The molecule has 0 bridgehead atoms. The van der Waals surface area contributed by atoms with E-state index in [4.69, 9.17) is 10.5 Å². The van der Waals surface area contributed by atoms with E-state index in [0.717, 1.165) is 18.7 Å². The van der Waals surface area contributed by atoms with Gasteiger partial charge >= 0.3 is 0 Å². The van der Waals surface area contributed by atoms with Crippen molar-refractivity contribution < 1.29 is 4.74 Å². The van der Waals surface area contributed by atoms with Gasteiger partial charge in [0.1, 0.15) is 12.4 Å². The van der Waals surface area contributed by atoms with Crippen LogP contribution in [0.3, 0.4) is 0 Å². The lowest BCUT2D eigenvalue weighted by Gasteiger charge is -2.11. The van der Waals surface area contributed by atoms with E-state index in [1.54, 1.807) is 0 Å². The summed E-state index contributed by atoms with van der Waals surface area (Å²) in [5.74, 6) is 0.916. The molecule has 0 saturated carbocycles. The molecule has 3 nitrogen and oxygen atoms in total.